The summed E-state index contributed by atoms with van der Waals surface area (Å²) < 4.78 is 5.91. The van der Waals surface area contributed by atoms with Crippen LogP contribution in [-0.4, -0.2) is 46.9 Å². The van der Waals surface area contributed by atoms with E-state index in [-0.39, 0.29) is 24.9 Å². The van der Waals surface area contributed by atoms with Gasteiger partial charge in [-0.25, -0.2) is 0 Å². The average Bonchev–Trinajstić information content (AvgIpc) is 3.28. The molecule has 0 radical (unpaired) electrons. The molecule has 0 aliphatic rings. The number of allylic oxidation sites excluding steroid dienone is 14. The molecule has 0 aromatic rings. The molecule has 3 atom stereocenters. The first-order valence-corrected chi connectivity index (χ1v) is 26.4. The van der Waals surface area contributed by atoms with Crippen LogP contribution < -0.4 is 5.32 Å². The van der Waals surface area contributed by atoms with E-state index in [4.69, 9.17) is 4.74 Å². The Morgan fingerprint density at radius 1 is 0.476 bits per heavy atom. The van der Waals surface area contributed by atoms with Gasteiger partial charge in [-0.1, -0.05) is 241 Å². The first kappa shape index (κ1) is 60.0. The molecule has 0 aromatic carbocycles. The number of aliphatic hydroxyl groups excluding tert-OH is 2. The van der Waals surface area contributed by atoms with Crippen molar-refractivity contribution in [3.8, 4) is 0 Å². The minimum Gasteiger partial charge on any atom is -0.462 e. The van der Waals surface area contributed by atoms with Crippen molar-refractivity contribution in [1.82, 2.24) is 5.32 Å². The largest absolute Gasteiger partial charge is 0.462 e. The molecule has 1 amide bonds. The summed E-state index contributed by atoms with van der Waals surface area (Å²) in [5, 5.41) is 23.8. The molecule has 362 valence electrons. The topological polar surface area (TPSA) is 95.9 Å². The number of rotatable bonds is 46. The van der Waals surface area contributed by atoms with Crippen molar-refractivity contribution in [1.29, 1.82) is 0 Å². The number of carbonyl (C=O) groups excluding carboxylic acids is 2. The number of ether oxygens (including phenoxy) is 1. The van der Waals surface area contributed by atoms with Crippen molar-refractivity contribution < 1.29 is 24.5 Å². The molecule has 0 bridgehead atoms. The molecule has 0 saturated carbocycles. The summed E-state index contributed by atoms with van der Waals surface area (Å²) in [6, 6.07) is -0.723. The highest BCUT2D eigenvalue weighted by Crippen LogP contribution is 2.17. The van der Waals surface area contributed by atoms with E-state index >= 15 is 0 Å². The van der Waals surface area contributed by atoms with E-state index in [2.05, 4.69) is 105 Å². The first-order chi connectivity index (χ1) is 31.0. The summed E-state index contributed by atoms with van der Waals surface area (Å²) in [5.74, 6) is -0.539. The summed E-state index contributed by atoms with van der Waals surface area (Å²) in [7, 11) is 0. The Balaban J connectivity index is 4.69. The van der Waals surface area contributed by atoms with Gasteiger partial charge < -0.3 is 20.3 Å². The molecule has 0 spiro atoms. The van der Waals surface area contributed by atoms with Gasteiger partial charge in [0, 0.05) is 6.42 Å². The Bertz CT molecular complexity index is 1210. The second kappa shape index (κ2) is 50.0. The lowest BCUT2D eigenvalue weighted by atomic mass is 10.0. The number of hydrogen-bond acceptors (Lipinski definition) is 5. The molecule has 63 heavy (non-hydrogen) atoms. The van der Waals surface area contributed by atoms with Gasteiger partial charge in [0.2, 0.25) is 5.91 Å². The molecule has 0 heterocycles. The van der Waals surface area contributed by atoms with Crippen LogP contribution in [0.25, 0.3) is 0 Å². The second-order valence-electron chi connectivity index (χ2n) is 17.7. The molecule has 6 nitrogen and oxygen atoms in total. The molecule has 0 rings (SSSR count). The van der Waals surface area contributed by atoms with Gasteiger partial charge in [0.1, 0.15) is 6.10 Å². The normalized spacial score (nSPS) is 13.9. The van der Waals surface area contributed by atoms with Crippen molar-refractivity contribution in [2.75, 3.05) is 6.61 Å². The highest BCUT2D eigenvalue weighted by Gasteiger charge is 2.24. The van der Waals surface area contributed by atoms with Gasteiger partial charge in [-0.05, 0) is 70.6 Å². The maximum atomic E-state index is 13.2. The zero-order valence-electron chi connectivity index (χ0n) is 41.2. The van der Waals surface area contributed by atoms with Crippen LogP contribution >= 0.6 is 0 Å². The number of esters is 1. The maximum absolute atomic E-state index is 13.2. The van der Waals surface area contributed by atoms with Crippen molar-refractivity contribution in [3.05, 3.63) is 85.1 Å². The van der Waals surface area contributed by atoms with Gasteiger partial charge in [-0.3, -0.25) is 9.59 Å². The molecule has 0 aliphatic heterocycles. The van der Waals surface area contributed by atoms with Gasteiger partial charge >= 0.3 is 5.97 Å². The molecule has 3 N–H and O–H groups in total. The smallest absolute Gasteiger partial charge is 0.306 e. The molecule has 0 aromatic heterocycles. The standard InChI is InChI=1S/C57H99NO5/c1-4-7-10-13-16-19-22-25-27-29-31-33-36-39-42-45-48-53(63-57(62)50-47-44-41-38-35-30-24-21-18-15-12-9-6-3)51-56(61)58-54(52-59)55(60)49-46-43-40-37-34-32-28-26-23-20-17-14-11-8-5-2/h9,12,15-16,18-19,21-22,24-25,27,29,31,33,53-55,59-60H,4-8,10-11,13-14,17,20,23,26,28,30,32,34-52H2,1-3H3,(H,58,61)/b12-9+,18-15+,19-16+,24-21-,25-22+,29-27+,33-31+. The number of hydrogen-bond donors (Lipinski definition) is 3. The van der Waals surface area contributed by atoms with E-state index < -0.39 is 18.2 Å². The maximum Gasteiger partial charge on any atom is 0.306 e. The number of amides is 1. The van der Waals surface area contributed by atoms with Crippen molar-refractivity contribution in [2.24, 2.45) is 0 Å². The molecular weight excluding hydrogens is 779 g/mol. The third-order valence-electron chi connectivity index (χ3n) is 11.6. The first-order valence-electron chi connectivity index (χ1n) is 26.4. The van der Waals surface area contributed by atoms with E-state index in [0.29, 0.717) is 19.3 Å². The number of unbranched alkanes of at least 4 members (excludes halogenated alkanes) is 25. The third kappa shape index (κ3) is 45.4. The van der Waals surface area contributed by atoms with Crippen molar-refractivity contribution in [3.63, 3.8) is 0 Å². The summed E-state index contributed by atoms with van der Waals surface area (Å²) in [6.45, 7) is 6.30. The van der Waals surface area contributed by atoms with Crippen LogP contribution in [0.1, 0.15) is 239 Å². The predicted molar refractivity (Wildman–Crippen MR) is 273 cm³/mol. The van der Waals surface area contributed by atoms with Crippen molar-refractivity contribution >= 4 is 11.9 Å². The molecular formula is C57H99NO5. The van der Waals surface area contributed by atoms with Crippen LogP contribution in [-0.2, 0) is 14.3 Å². The Kier molecular flexibility index (Phi) is 47.7. The lowest BCUT2D eigenvalue weighted by Crippen LogP contribution is -2.46. The zero-order valence-corrected chi connectivity index (χ0v) is 41.2. The Morgan fingerprint density at radius 3 is 1.35 bits per heavy atom. The number of carbonyl (C=O) groups is 2. The summed E-state index contributed by atoms with van der Waals surface area (Å²) in [5.41, 5.74) is 0. The lowest BCUT2D eigenvalue weighted by molar-refractivity contribution is -0.151. The molecule has 6 heteroatoms. The van der Waals surface area contributed by atoms with E-state index in [1.54, 1.807) is 0 Å². The van der Waals surface area contributed by atoms with Crippen molar-refractivity contribution in [2.45, 2.75) is 257 Å². The Labute approximate surface area is 389 Å². The fourth-order valence-corrected chi connectivity index (χ4v) is 7.62. The van der Waals surface area contributed by atoms with Crippen LogP contribution in [0.4, 0.5) is 0 Å². The van der Waals surface area contributed by atoms with Gasteiger partial charge in [0.25, 0.3) is 0 Å². The molecule has 0 fully saturated rings. The molecule has 0 saturated heterocycles. The molecule has 0 aliphatic carbocycles. The summed E-state index contributed by atoms with van der Waals surface area (Å²) >= 11 is 0. The number of nitrogens with one attached hydrogen (secondary N) is 1. The lowest BCUT2D eigenvalue weighted by Gasteiger charge is -2.24. The second-order valence-corrected chi connectivity index (χ2v) is 17.7. The zero-order chi connectivity index (χ0) is 45.9. The van der Waals surface area contributed by atoms with Gasteiger partial charge in [0.15, 0.2) is 0 Å². The monoisotopic (exact) mass is 878 g/mol. The number of aliphatic hydroxyl groups is 2. The summed E-state index contributed by atoms with van der Waals surface area (Å²) in [4.78, 5) is 26.2. The highest BCUT2D eigenvalue weighted by molar-refractivity contribution is 5.77. The predicted octanol–water partition coefficient (Wildman–Crippen LogP) is 16.0. The third-order valence-corrected chi connectivity index (χ3v) is 11.6. The highest BCUT2D eigenvalue weighted by atomic mass is 16.5. The fraction of sp³-hybridized carbons (Fsp3) is 0.719. The van der Waals surface area contributed by atoms with Crippen LogP contribution in [0.2, 0.25) is 0 Å². The Hall–Kier alpha value is -2.96. The van der Waals surface area contributed by atoms with E-state index in [1.165, 1.54) is 96.3 Å². The minimum absolute atomic E-state index is 0.0393. The van der Waals surface area contributed by atoms with Crippen LogP contribution in [0.15, 0.2) is 85.1 Å². The SMILES string of the molecule is CC/C=C/C=C/C=C\CCCCCCCC(=O)OC(CCCCC/C=C/C=C/C=C/C=C/CCCCC)CC(=O)NC(CO)C(O)CCCCCCCCCCCCCCCCC. The van der Waals surface area contributed by atoms with E-state index in [1.807, 2.05) is 6.08 Å². The Morgan fingerprint density at radius 2 is 0.857 bits per heavy atom. The van der Waals surface area contributed by atoms with Crippen LogP contribution in [0, 0.1) is 0 Å². The van der Waals surface area contributed by atoms with Crippen LogP contribution in [0.3, 0.4) is 0 Å². The van der Waals surface area contributed by atoms with Gasteiger partial charge in [0.05, 0.1) is 25.2 Å². The summed E-state index contributed by atoms with van der Waals surface area (Å²) in [6.07, 6.45) is 64.9. The van der Waals surface area contributed by atoms with E-state index in [0.717, 1.165) is 96.3 Å². The van der Waals surface area contributed by atoms with Crippen LogP contribution in [0.5, 0.6) is 0 Å². The molecule has 3 unspecified atom stereocenters. The quantitative estimate of drug-likeness (QED) is 0.0322. The fourth-order valence-electron chi connectivity index (χ4n) is 7.62. The van der Waals surface area contributed by atoms with Gasteiger partial charge in [-0.2, -0.15) is 0 Å². The minimum atomic E-state index is -0.807. The van der Waals surface area contributed by atoms with Gasteiger partial charge in [-0.15, -0.1) is 0 Å². The average molecular weight is 878 g/mol. The van der Waals surface area contributed by atoms with E-state index in [9.17, 15) is 19.8 Å².